The number of furan rings is 1. The molecule has 0 saturated heterocycles. The van der Waals surface area contributed by atoms with Crippen molar-refractivity contribution < 1.29 is 14.0 Å². The van der Waals surface area contributed by atoms with Gasteiger partial charge in [0.2, 0.25) is 11.8 Å². The molecule has 0 radical (unpaired) electrons. The summed E-state index contributed by atoms with van der Waals surface area (Å²) in [5.41, 5.74) is 3.40. The molecule has 1 N–H and O–H groups in total. The number of nitrogens with one attached hydrogen (secondary N) is 1. The average Bonchev–Trinajstić information content (AvgIpc) is 3.51. The maximum absolute atomic E-state index is 13.7. The first-order chi connectivity index (χ1) is 16.8. The van der Waals surface area contributed by atoms with Gasteiger partial charge in [-0.25, -0.2) is 4.68 Å². The topological polar surface area (TPSA) is 93.3 Å². The van der Waals surface area contributed by atoms with E-state index >= 15 is 0 Å². The van der Waals surface area contributed by atoms with Crippen LogP contribution in [-0.4, -0.2) is 37.7 Å². The van der Waals surface area contributed by atoms with Gasteiger partial charge in [-0.05, 0) is 55.2 Å². The third kappa shape index (κ3) is 5.42. The highest BCUT2D eigenvalue weighted by molar-refractivity contribution is 5.89. The molecule has 0 spiro atoms. The van der Waals surface area contributed by atoms with Crippen molar-refractivity contribution in [1.82, 2.24) is 25.2 Å². The van der Waals surface area contributed by atoms with Crippen LogP contribution in [0.4, 0.5) is 0 Å². The second kappa shape index (κ2) is 10.5. The first-order valence-electron chi connectivity index (χ1n) is 11.8. The molecule has 2 heterocycles. The van der Waals surface area contributed by atoms with Crippen molar-refractivity contribution in [2.45, 2.75) is 58.8 Å². The van der Waals surface area contributed by atoms with Crippen molar-refractivity contribution in [2.24, 2.45) is 0 Å². The molecule has 0 aliphatic carbocycles. The summed E-state index contributed by atoms with van der Waals surface area (Å²) in [4.78, 5) is 28.8. The number of nitrogens with zero attached hydrogens (tertiary/aromatic N) is 4. The number of hydrogen-bond acceptors (Lipinski definition) is 5. The molecule has 182 valence electrons. The van der Waals surface area contributed by atoms with Crippen LogP contribution in [-0.2, 0) is 22.7 Å². The van der Waals surface area contributed by atoms with Crippen LogP contribution in [0.3, 0.4) is 0 Å². The lowest BCUT2D eigenvalue weighted by atomic mass is 9.97. The Morgan fingerprint density at radius 2 is 1.69 bits per heavy atom. The number of para-hydroxylation sites is 1. The van der Waals surface area contributed by atoms with Crippen LogP contribution >= 0.6 is 0 Å². The summed E-state index contributed by atoms with van der Waals surface area (Å²) in [5.74, 6) is 0.508. The third-order valence-corrected chi connectivity index (χ3v) is 6.01. The minimum Gasteiger partial charge on any atom is -0.467 e. The SMILES string of the molecule is CC(C)c1ccc([C@H](C(=O)NCc2ccco2)N(C(=O)Cn2nnc3ccccc32)C(C)C)cc1. The molecule has 0 aliphatic rings. The quantitative estimate of drug-likeness (QED) is 0.388. The van der Waals surface area contributed by atoms with Gasteiger partial charge in [0, 0.05) is 6.04 Å². The lowest BCUT2D eigenvalue weighted by Crippen LogP contribution is -2.48. The number of fused-ring (bicyclic) bond motifs is 1. The molecular weight excluding hydrogens is 442 g/mol. The summed E-state index contributed by atoms with van der Waals surface area (Å²) in [5, 5.41) is 11.3. The van der Waals surface area contributed by atoms with E-state index in [1.165, 1.54) is 5.56 Å². The van der Waals surface area contributed by atoms with Crippen molar-refractivity contribution in [2.75, 3.05) is 0 Å². The normalized spacial score (nSPS) is 12.3. The molecule has 0 aliphatic heterocycles. The second-order valence-corrected chi connectivity index (χ2v) is 9.15. The zero-order valence-electron chi connectivity index (χ0n) is 20.5. The van der Waals surface area contributed by atoms with Gasteiger partial charge < -0.3 is 14.6 Å². The first kappa shape index (κ1) is 24.2. The van der Waals surface area contributed by atoms with Gasteiger partial charge in [-0.1, -0.05) is 55.5 Å². The molecule has 8 nitrogen and oxygen atoms in total. The van der Waals surface area contributed by atoms with E-state index in [0.717, 1.165) is 11.1 Å². The van der Waals surface area contributed by atoms with Crippen molar-refractivity contribution in [3.8, 4) is 0 Å². The smallest absolute Gasteiger partial charge is 0.247 e. The monoisotopic (exact) mass is 473 g/mol. The van der Waals surface area contributed by atoms with Gasteiger partial charge in [0.15, 0.2) is 0 Å². The third-order valence-electron chi connectivity index (χ3n) is 6.01. The molecule has 35 heavy (non-hydrogen) atoms. The summed E-state index contributed by atoms with van der Waals surface area (Å²) in [6.07, 6.45) is 1.57. The molecule has 4 aromatic rings. The maximum atomic E-state index is 13.7. The van der Waals surface area contributed by atoms with Crippen LogP contribution in [0.15, 0.2) is 71.3 Å². The van der Waals surface area contributed by atoms with Crippen molar-refractivity contribution in [1.29, 1.82) is 0 Å². The van der Waals surface area contributed by atoms with Gasteiger partial charge in [-0.3, -0.25) is 9.59 Å². The second-order valence-electron chi connectivity index (χ2n) is 9.15. The predicted octanol–water partition coefficient (Wildman–Crippen LogP) is 4.44. The fourth-order valence-electron chi connectivity index (χ4n) is 4.16. The minimum absolute atomic E-state index is 0.0231. The number of aromatic nitrogens is 3. The molecule has 1 atom stereocenters. The fourth-order valence-corrected chi connectivity index (χ4v) is 4.16. The minimum atomic E-state index is -0.812. The van der Waals surface area contributed by atoms with Gasteiger partial charge >= 0.3 is 0 Å². The summed E-state index contributed by atoms with van der Waals surface area (Å²) >= 11 is 0. The Morgan fingerprint density at radius 3 is 2.34 bits per heavy atom. The van der Waals surface area contributed by atoms with E-state index in [2.05, 4.69) is 29.5 Å². The Kier molecular flexibility index (Phi) is 7.29. The summed E-state index contributed by atoms with van der Waals surface area (Å²) in [6.45, 7) is 8.27. The van der Waals surface area contributed by atoms with Gasteiger partial charge in [-0.15, -0.1) is 5.10 Å². The fraction of sp³-hybridized carbons (Fsp3) is 0.333. The predicted molar refractivity (Wildman–Crippen MR) is 133 cm³/mol. The van der Waals surface area contributed by atoms with Crippen molar-refractivity contribution in [3.05, 3.63) is 83.8 Å². The van der Waals surface area contributed by atoms with E-state index in [9.17, 15) is 9.59 Å². The van der Waals surface area contributed by atoms with Gasteiger partial charge in [0.1, 0.15) is 23.9 Å². The Labute approximate surface area is 204 Å². The number of hydrogen-bond donors (Lipinski definition) is 1. The molecule has 8 heteroatoms. The Balaban J connectivity index is 1.65. The molecule has 0 fully saturated rings. The lowest BCUT2D eigenvalue weighted by Gasteiger charge is -2.34. The van der Waals surface area contributed by atoms with E-state index in [0.29, 0.717) is 17.2 Å². The zero-order valence-corrected chi connectivity index (χ0v) is 20.5. The van der Waals surface area contributed by atoms with E-state index in [4.69, 9.17) is 4.42 Å². The average molecular weight is 474 g/mol. The van der Waals surface area contributed by atoms with E-state index in [-0.39, 0.29) is 30.9 Å². The van der Waals surface area contributed by atoms with Gasteiger partial charge in [-0.2, -0.15) is 0 Å². The van der Waals surface area contributed by atoms with E-state index in [1.807, 2.05) is 62.4 Å². The van der Waals surface area contributed by atoms with Crippen LogP contribution in [0.1, 0.15) is 56.5 Å². The molecule has 0 saturated carbocycles. The molecule has 2 aromatic carbocycles. The highest BCUT2D eigenvalue weighted by Crippen LogP contribution is 2.27. The lowest BCUT2D eigenvalue weighted by molar-refractivity contribution is -0.143. The van der Waals surface area contributed by atoms with Gasteiger partial charge in [0.25, 0.3) is 0 Å². The van der Waals surface area contributed by atoms with Crippen molar-refractivity contribution in [3.63, 3.8) is 0 Å². The highest BCUT2D eigenvalue weighted by Gasteiger charge is 2.33. The summed E-state index contributed by atoms with van der Waals surface area (Å²) in [6, 6.07) is 17.9. The standard InChI is InChI=1S/C27H31N5O3/c1-18(2)20-11-13-21(14-12-20)26(27(34)28-16-22-8-7-15-35-22)32(19(3)4)25(33)17-31-24-10-6-5-9-23(24)29-30-31/h5-15,18-19,26H,16-17H2,1-4H3,(H,28,34)/t26-/m1/s1. The van der Waals surface area contributed by atoms with Gasteiger partial charge in [0.05, 0.1) is 18.3 Å². The number of carbonyl (C=O) groups excluding carboxylic acids is 2. The Morgan fingerprint density at radius 1 is 0.971 bits per heavy atom. The summed E-state index contributed by atoms with van der Waals surface area (Å²) in [7, 11) is 0. The molecule has 0 unspecified atom stereocenters. The number of benzene rings is 2. The van der Waals surface area contributed by atoms with Crippen LogP contribution < -0.4 is 5.32 Å². The highest BCUT2D eigenvalue weighted by atomic mass is 16.3. The molecular formula is C27H31N5O3. The van der Waals surface area contributed by atoms with Crippen LogP contribution in [0, 0.1) is 0 Å². The van der Waals surface area contributed by atoms with Crippen LogP contribution in [0.25, 0.3) is 11.0 Å². The molecule has 2 aromatic heterocycles. The molecule has 4 rings (SSSR count). The Hall–Kier alpha value is -3.94. The van der Waals surface area contributed by atoms with E-state index in [1.54, 1.807) is 28.0 Å². The maximum Gasteiger partial charge on any atom is 0.247 e. The largest absolute Gasteiger partial charge is 0.467 e. The summed E-state index contributed by atoms with van der Waals surface area (Å²) < 4.78 is 6.94. The van der Waals surface area contributed by atoms with E-state index < -0.39 is 6.04 Å². The zero-order chi connectivity index (χ0) is 24.9. The molecule has 0 bridgehead atoms. The Bertz CT molecular complexity index is 1280. The molecule has 2 amide bonds. The van der Waals surface area contributed by atoms with Crippen LogP contribution in [0.2, 0.25) is 0 Å². The van der Waals surface area contributed by atoms with Crippen molar-refractivity contribution >= 4 is 22.8 Å². The first-order valence-corrected chi connectivity index (χ1v) is 11.8. The number of carbonyl (C=O) groups is 2. The van der Waals surface area contributed by atoms with Crippen LogP contribution in [0.5, 0.6) is 0 Å². The number of rotatable bonds is 9. The number of amides is 2.